The van der Waals surface area contributed by atoms with Crippen LogP contribution >= 0.6 is 0 Å². The molecule has 19 heavy (non-hydrogen) atoms. The van der Waals surface area contributed by atoms with Gasteiger partial charge in [0.15, 0.2) is 0 Å². The minimum Gasteiger partial charge on any atom is -0.479 e. The summed E-state index contributed by atoms with van der Waals surface area (Å²) >= 11 is 0. The van der Waals surface area contributed by atoms with Crippen molar-refractivity contribution in [3.63, 3.8) is 0 Å². The maximum absolute atomic E-state index is 12.7. The van der Waals surface area contributed by atoms with E-state index in [1.165, 1.54) is 5.32 Å². The molecule has 1 atom stereocenters. The number of nitrogens with one attached hydrogen (secondary N) is 1. The largest absolute Gasteiger partial charge is 0.479 e. The fourth-order valence-electron chi connectivity index (χ4n) is 1.49. The summed E-state index contributed by atoms with van der Waals surface area (Å²) in [7, 11) is 0. The first-order valence-electron chi connectivity index (χ1n) is 5.63. The molecule has 0 bridgehead atoms. The van der Waals surface area contributed by atoms with Gasteiger partial charge in [-0.15, -0.1) is 0 Å². The van der Waals surface area contributed by atoms with E-state index in [1.807, 2.05) is 0 Å². The van der Waals surface area contributed by atoms with E-state index in [1.54, 1.807) is 0 Å². The SMILES string of the molecule is CC(NC(=O)N1CCCOCC1)(C(=O)O)C(F)(F)F. The van der Waals surface area contributed by atoms with Crippen LogP contribution in [0.25, 0.3) is 0 Å². The van der Waals surface area contributed by atoms with E-state index in [0.29, 0.717) is 20.0 Å². The second kappa shape index (κ2) is 5.64. The predicted octanol–water partition coefficient (Wildman–Crippen LogP) is 0.824. The van der Waals surface area contributed by atoms with E-state index >= 15 is 0 Å². The van der Waals surface area contributed by atoms with Crippen LogP contribution in [0.1, 0.15) is 13.3 Å². The van der Waals surface area contributed by atoms with Crippen LogP contribution in [-0.2, 0) is 9.53 Å². The average Bonchev–Trinajstić information content (AvgIpc) is 2.55. The van der Waals surface area contributed by atoms with E-state index in [4.69, 9.17) is 9.84 Å². The molecule has 1 fully saturated rings. The van der Waals surface area contributed by atoms with Crippen molar-refractivity contribution in [2.45, 2.75) is 25.1 Å². The Morgan fingerprint density at radius 1 is 1.26 bits per heavy atom. The second-order valence-electron chi connectivity index (χ2n) is 4.31. The number of aliphatic carboxylic acids is 1. The second-order valence-corrected chi connectivity index (χ2v) is 4.31. The van der Waals surface area contributed by atoms with Gasteiger partial charge in [0, 0.05) is 19.7 Å². The molecular weight excluding hydrogens is 269 g/mol. The molecule has 0 spiro atoms. The highest BCUT2D eigenvalue weighted by molar-refractivity contribution is 5.86. The predicted molar refractivity (Wildman–Crippen MR) is 57.6 cm³/mol. The fraction of sp³-hybridized carbons (Fsp3) is 0.800. The molecule has 2 amide bonds. The van der Waals surface area contributed by atoms with Crippen molar-refractivity contribution >= 4 is 12.0 Å². The molecule has 9 heteroatoms. The summed E-state index contributed by atoms with van der Waals surface area (Å²) in [6, 6.07) is -1.06. The zero-order chi connectivity index (χ0) is 14.7. The summed E-state index contributed by atoms with van der Waals surface area (Å²) in [4.78, 5) is 23.6. The zero-order valence-corrected chi connectivity index (χ0v) is 10.3. The lowest BCUT2D eigenvalue weighted by atomic mass is 10.0. The van der Waals surface area contributed by atoms with Crippen LogP contribution in [0.5, 0.6) is 0 Å². The molecule has 2 N–H and O–H groups in total. The van der Waals surface area contributed by atoms with Crippen LogP contribution in [-0.4, -0.2) is 60.0 Å². The van der Waals surface area contributed by atoms with Crippen LogP contribution < -0.4 is 5.32 Å². The molecule has 0 aliphatic carbocycles. The highest BCUT2D eigenvalue weighted by atomic mass is 19.4. The molecule has 0 saturated carbocycles. The van der Waals surface area contributed by atoms with Crippen molar-refractivity contribution < 1.29 is 32.6 Å². The standard InChI is InChI=1S/C10H15F3N2O4/c1-9(7(16)17,10(11,12)13)14-8(18)15-3-2-5-19-6-4-15/h2-6H2,1H3,(H,14,18)(H,16,17). The monoisotopic (exact) mass is 284 g/mol. The van der Waals surface area contributed by atoms with Gasteiger partial charge < -0.3 is 20.1 Å². The summed E-state index contributed by atoms with van der Waals surface area (Å²) in [5, 5.41) is 10.2. The number of ether oxygens (including phenoxy) is 1. The lowest BCUT2D eigenvalue weighted by Gasteiger charge is -2.31. The number of halogens is 3. The lowest BCUT2D eigenvalue weighted by molar-refractivity contribution is -0.203. The molecule has 1 unspecified atom stereocenters. The Kier molecular flexibility index (Phi) is 4.61. The molecule has 0 aromatic heterocycles. The number of hydrogen-bond acceptors (Lipinski definition) is 3. The Balaban J connectivity index is 2.79. The number of rotatable bonds is 2. The van der Waals surface area contributed by atoms with Crippen molar-refractivity contribution in [1.82, 2.24) is 10.2 Å². The molecule has 0 aromatic rings. The first-order chi connectivity index (χ1) is 8.68. The van der Waals surface area contributed by atoms with Crippen LogP contribution in [0.15, 0.2) is 0 Å². The summed E-state index contributed by atoms with van der Waals surface area (Å²) in [6.07, 6.45) is -4.60. The number of hydrogen-bond donors (Lipinski definition) is 2. The smallest absolute Gasteiger partial charge is 0.422 e. The number of carboxylic acid groups (broad SMARTS) is 1. The number of nitrogens with zero attached hydrogens (tertiary/aromatic N) is 1. The van der Waals surface area contributed by atoms with E-state index in [0.717, 1.165) is 4.90 Å². The summed E-state index contributed by atoms with van der Waals surface area (Å²) in [5.41, 5.74) is -3.31. The molecule has 1 aliphatic rings. The number of amides is 2. The maximum atomic E-state index is 12.7. The van der Waals surface area contributed by atoms with Gasteiger partial charge >= 0.3 is 18.2 Å². The fourth-order valence-corrected chi connectivity index (χ4v) is 1.49. The lowest BCUT2D eigenvalue weighted by Crippen LogP contribution is -2.64. The first-order valence-corrected chi connectivity index (χ1v) is 5.63. The number of carbonyl (C=O) groups excluding carboxylic acids is 1. The van der Waals surface area contributed by atoms with E-state index in [9.17, 15) is 22.8 Å². The van der Waals surface area contributed by atoms with Crippen molar-refractivity contribution in [3.05, 3.63) is 0 Å². The third-order valence-corrected chi connectivity index (χ3v) is 2.86. The van der Waals surface area contributed by atoms with Gasteiger partial charge in [0.05, 0.1) is 6.61 Å². The molecular formula is C10H15F3N2O4. The van der Waals surface area contributed by atoms with Gasteiger partial charge in [0.1, 0.15) is 0 Å². The highest BCUT2D eigenvalue weighted by Gasteiger charge is 2.58. The Morgan fingerprint density at radius 3 is 2.42 bits per heavy atom. The number of urea groups is 1. The van der Waals surface area contributed by atoms with Gasteiger partial charge in [-0.05, 0) is 13.3 Å². The molecule has 6 nitrogen and oxygen atoms in total. The molecule has 1 rings (SSSR count). The van der Waals surface area contributed by atoms with Crippen molar-refractivity contribution in [2.75, 3.05) is 26.3 Å². The Bertz CT molecular complexity index is 353. The van der Waals surface area contributed by atoms with Gasteiger partial charge in [-0.25, -0.2) is 9.59 Å². The van der Waals surface area contributed by atoms with Gasteiger partial charge in [0.25, 0.3) is 0 Å². The Hall–Kier alpha value is -1.51. The van der Waals surface area contributed by atoms with E-state index < -0.39 is 23.7 Å². The van der Waals surface area contributed by atoms with Crippen molar-refractivity contribution in [2.24, 2.45) is 0 Å². The first kappa shape index (κ1) is 15.5. The Morgan fingerprint density at radius 2 is 1.89 bits per heavy atom. The van der Waals surface area contributed by atoms with Gasteiger partial charge in [0.2, 0.25) is 5.54 Å². The number of carboxylic acids is 1. The van der Waals surface area contributed by atoms with Crippen LogP contribution in [0.4, 0.5) is 18.0 Å². The van der Waals surface area contributed by atoms with Gasteiger partial charge in [-0.2, -0.15) is 13.2 Å². The molecule has 1 saturated heterocycles. The minimum absolute atomic E-state index is 0.124. The van der Waals surface area contributed by atoms with Crippen LogP contribution in [0.3, 0.4) is 0 Å². The normalized spacial score (nSPS) is 20.3. The molecule has 110 valence electrons. The highest BCUT2D eigenvalue weighted by Crippen LogP contribution is 2.30. The summed E-state index contributed by atoms with van der Waals surface area (Å²) in [5.74, 6) is -2.15. The topological polar surface area (TPSA) is 78.9 Å². The van der Waals surface area contributed by atoms with Crippen molar-refractivity contribution in [1.29, 1.82) is 0 Å². The average molecular weight is 284 g/mol. The van der Waals surface area contributed by atoms with E-state index in [-0.39, 0.29) is 19.7 Å². The zero-order valence-electron chi connectivity index (χ0n) is 10.3. The summed E-state index contributed by atoms with van der Waals surface area (Å²) < 4.78 is 43.2. The molecule has 1 heterocycles. The van der Waals surface area contributed by atoms with Crippen molar-refractivity contribution in [3.8, 4) is 0 Å². The molecule has 0 radical (unpaired) electrons. The summed E-state index contributed by atoms with van der Waals surface area (Å²) in [6.45, 7) is 1.39. The van der Waals surface area contributed by atoms with Crippen LogP contribution in [0.2, 0.25) is 0 Å². The van der Waals surface area contributed by atoms with E-state index in [2.05, 4.69) is 0 Å². The number of alkyl halides is 3. The number of carbonyl (C=O) groups is 2. The Labute approximate surface area is 107 Å². The maximum Gasteiger partial charge on any atom is 0.422 e. The molecule has 0 aromatic carbocycles. The molecule has 1 aliphatic heterocycles. The third-order valence-electron chi connectivity index (χ3n) is 2.86. The van der Waals surface area contributed by atoms with Crippen LogP contribution in [0, 0.1) is 0 Å². The quantitative estimate of drug-likeness (QED) is 0.787. The van der Waals surface area contributed by atoms with Gasteiger partial charge in [-0.1, -0.05) is 0 Å². The minimum atomic E-state index is -5.09. The third kappa shape index (κ3) is 3.49. The van der Waals surface area contributed by atoms with Gasteiger partial charge in [-0.3, -0.25) is 0 Å².